The number of ether oxygens (including phenoxy) is 1. The smallest absolute Gasteiger partial charge is 0.253 e. The molecule has 3 heterocycles. The van der Waals surface area contributed by atoms with Crippen LogP contribution in [0.15, 0.2) is 77.9 Å². The van der Waals surface area contributed by atoms with Crippen LogP contribution in [0.25, 0.3) is 10.9 Å². The molecule has 0 spiro atoms. The van der Waals surface area contributed by atoms with Gasteiger partial charge in [-0.2, -0.15) is 0 Å². The van der Waals surface area contributed by atoms with Gasteiger partial charge in [0, 0.05) is 36.6 Å². The number of nitrogens with one attached hydrogen (secondary N) is 1. The van der Waals surface area contributed by atoms with E-state index in [-0.39, 0.29) is 11.6 Å². The van der Waals surface area contributed by atoms with Gasteiger partial charge in [-0.05, 0) is 83.1 Å². The van der Waals surface area contributed by atoms with Crippen molar-refractivity contribution in [3.63, 3.8) is 0 Å². The molecule has 2 aromatic carbocycles. The van der Waals surface area contributed by atoms with Crippen molar-refractivity contribution in [1.82, 2.24) is 35.1 Å². The summed E-state index contributed by atoms with van der Waals surface area (Å²) >= 11 is 0. The molecule has 41 heavy (non-hydrogen) atoms. The maximum Gasteiger partial charge on any atom is 0.253 e. The number of aromatic amines is 1. The van der Waals surface area contributed by atoms with Gasteiger partial charge in [-0.1, -0.05) is 49.1 Å². The number of fused-ring (bicyclic) bond motifs is 1. The number of tetrazole rings is 1. The van der Waals surface area contributed by atoms with Crippen molar-refractivity contribution in [3.05, 3.63) is 111 Å². The van der Waals surface area contributed by atoms with E-state index in [4.69, 9.17) is 4.74 Å². The van der Waals surface area contributed by atoms with Crippen LogP contribution in [0.1, 0.15) is 72.3 Å². The Labute approximate surface area is 239 Å². The normalized spacial score (nSPS) is 14.9. The Bertz CT molecular complexity index is 1660. The van der Waals surface area contributed by atoms with E-state index in [1.54, 1.807) is 13.3 Å². The minimum absolute atomic E-state index is 0.143. The quantitative estimate of drug-likeness (QED) is 0.258. The lowest BCUT2D eigenvalue weighted by Gasteiger charge is -2.32. The van der Waals surface area contributed by atoms with Gasteiger partial charge in [-0.25, -0.2) is 4.68 Å². The molecule has 1 unspecified atom stereocenters. The van der Waals surface area contributed by atoms with E-state index in [1.165, 1.54) is 6.42 Å². The van der Waals surface area contributed by atoms with Gasteiger partial charge in [0.1, 0.15) is 11.8 Å². The molecule has 9 heteroatoms. The lowest BCUT2D eigenvalue weighted by molar-refractivity contribution is 0.186. The van der Waals surface area contributed by atoms with Gasteiger partial charge in [0.15, 0.2) is 5.82 Å². The van der Waals surface area contributed by atoms with Gasteiger partial charge in [0.05, 0.1) is 13.2 Å². The Balaban J connectivity index is 1.52. The Hall–Kier alpha value is -4.37. The molecule has 1 aliphatic carbocycles. The lowest BCUT2D eigenvalue weighted by Crippen LogP contribution is -2.35. The number of aromatic nitrogens is 6. The Morgan fingerprint density at radius 2 is 1.83 bits per heavy atom. The van der Waals surface area contributed by atoms with E-state index in [0.29, 0.717) is 24.5 Å². The van der Waals surface area contributed by atoms with Crippen molar-refractivity contribution < 1.29 is 4.74 Å². The van der Waals surface area contributed by atoms with Crippen molar-refractivity contribution in [2.24, 2.45) is 0 Å². The first kappa shape index (κ1) is 26.8. The molecule has 0 radical (unpaired) electrons. The van der Waals surface area contributed by atoms with E-state index in [0.717, 1.165) is 59.0 Å². The van der Waals surface area contributed by atoms with Crippen LogP contribution in [0, 0.1) is 6.92 Å². The predicted octanol–water partition coefficient (Wildman–Crippen LogP) is 5.52. The zero-order chi connectivity index (χ0) is 28.2. The summed E-state index contributed by atoms with van der Waals surface area (Å²) in [5.74, 6) is 1.48. The predicted molar refractivity (Wildman–Crippen MR) is 158 cm³/mol. The summed E-state index contributed by atoms with van der Waals surface area (Å²) in [7, 11) is 1.67. The summed E-state index contributed by atoms with van der Waals surface area (Å²) in [6.07, 6.45) is 9.22. The van der Waals surface area contributed by atoms with Gasteiger partial charge in [-0.15, -0.1) is 5.10 Å². The van der Waals surface area contributed by atoms with E-state index < -0.39 is 6.04 Å². The topological polar surface area (TPSA) is 102 Å². The molecule has 0 saturated heterocycles. The average Bonchev–Trinajstić information content (AvgIpc) is 3.48. The first-order valence-electron chi connectivity index (χ1n) is 14.3. The summed E-state index contributed by atoms with van der Waals surface area (Å²) in [6, 6.07) is 19.8. The van der Waals surface area contributed by atoms with E-state index in [9.17, 15) is 4.79 Å². The van der Waals surface area contributed by atoms with Crippen LogP contribution in [0.2, 0.25) is 0 Å². The first-order valence-corrected chi connectivity index (χ1v) is 14.3. The van der Waals surface area contributed by atoms with Crippen LogP contribution < -0.4 is 10.3 Å². The summed E-state index contributed by atoms with van der Waals surface area (Å²) in [4.78, 5) is 23.6. The molecule has 1 N–H and O–H groups in total. The van der Waals surface area contributed by atoms with Crippen LogP contribution in [-0.4, -0.2) is 42.2 Å². The van der Waals surface area contributed by atoms with Gasteiger partial charge >= 0.3 is 0 Å². The number of H-pyrrole nitrogens is 1. The minimum atomic E-state index is -0.497. The molecule has 1 fully saturated rings. The van der Waals surface area contributed by atoms with Crippen molar-refractivity contribution >= 4 is 10.9 Å². The molecule has 0 amide bonds. The maximum absolute atomic E-state index is 13.8. The highest BCUT2D eigenvalue weighted by molar-refractivity contribution is 5.79. The largest absolute Gasteiger partial charge is 0.497 e. The Kier molecular flexibility index (Phi) is 7.86. The van der Waals surface area contributed by atoms with Crippen LogP contribution in [0.5, 0.6) is 5.75 Å². The molecule has 1 saturated carbocycles. The highest BCUT2D eigenvalue weighted by Crippen LogP contribution is 2.34. The third kappa shape index (κ3) is 5.90. The van der Waals surface area contributed by atoms with Gasteiger partial charge in [0.2, 0.25) is 0 Å². The second kappa shape index (κ2) is 12.0. The number of hydrogen-bond acceptors (Lipinski definition) is 7. The summed E-state index contributed by atoms with van der Waals surface area (Å²) in [5.41, 5.74) is 4.54. The summed E-state index contributed by atoms with van der Waals surface area (Å²) < 4.78 is 7.38. The number of pyridine rings is 2. The number of rotatable bonds is 9. The number of nitrogens with zero attached hydrogens (tertiary/aromatic N) is 6. The molecule has 1 atom stereocenters. The van der Waals surface area contributed by atoms with Gasteiger partial charge < -0.3 is 9.72 Å². The molecule has 6 rings (SSSR count). The molecule has 0 aliphatic heterocycles. The maximum atomic E-state index is 13.8. The van der Waals surface area contributed by atoms with E-state index in [1.807, 2.05) is 47.3 Å². The highest BCUT2D eigenvalue weighted by Gasteiger charge is 2.33. The second-order valence-electron chi connectivity index (χ2n) is 10.9. The van der Waals surface area contributed by atoms with Crippen LogP contribution in [-0.2, 0) is 13.1 Å². The monoisotopic (exact) mass is 549 g/mol. The number of hydrogen-bond donors (Lipinski definition) is 1. The number of methoxy groups -OCH3 is 1. The molecule has 9 nitrogen and oxygen atoms in total. The van der Waals surface area contributed by atoms with Crippen molar-refractivity contribution in [3.8, 4) is 5.75 Å². The van der Waals surface area contributed by atoms with Crippen molar-refractivity contribution in [2.45, 2.75) is 64.2 Å². The molecular weight excluding hydrogens is 514 g/mol. The second-order valence-corrected chi connectivity index (χ2v) is 10.9. The zero-order valence-corrected chi connectivity index (χ0v) is 23.5. The minimum Gasteiger partial charge on any atom is -0.497 e. The summed E-state index contributed by atoms with van der Waals surface area (Å²) in [5, 5.41) is 14.3. The molecule has 5 aromatic rings. The van der Waals surface area contributed by atoms with Crippen molar-refractivity contribution in [2.75, 3.05) is 7.11 Å². The van der Waals surface area contributed by atoms with Gasteiger partial charge in [0.25, 0.3) is 5.56 Å². The van der Waals surface area contributed by atoms with Crippen LogP contribution >= 0.6 is 0 Å². The number of aryl methyl sites for hydroxylation is 1. The lowest BCUT2D eigenvalue weighted by atomic mass is 9.95. The molecule has 1 aliphatic rings. The van der Waals surface area contributed by atoms with Gasteiger partial charge in [-0.3, -0.25) is 14.7 Å². The zero-order valence-electron chi connectivity index (χ0n) is 23.5. The Morgan fingerprint density at radius 3 is 2.59 bits per heavy atom. The first-order chi connectivity index (χ1) is 20.1. The SMILES string of the molecule is COc1ccc(CN(Cc2cccnc2)C(c2cc3cc(C)ccc3[nH]c2=O)c2nnnn2C2CCCCC2)cc1. The van der Waals surface area contributed by atoms with Crippen LogP contribution in [0.3, 0.4) is 0 Å². The standard InChI is InChI=1S/C32H35N7O2/c1-22-10-15-29-25(17-22)18-28(32(40)34-29)30(31-35-36-37-39(31)26-8-4-3-5-9-26)38(21-24-7-6-16-33-19-24)20-23-11-13-27(41-2)14-12-23/h6-7,10-19,26,30H,3-5,8-9,20-21H2,1-2H3,(H,34,40). The molecule has 210 valence electrons. The fraction of sp³-hybridized carbons (Fsp3) is 0.344. The third-order valence-corrected chi connectivity index (χ3v) is 8.02. The third-order valence-electron chi connectivity index (χ3n) is 8.02. The Morgan fingerprint density at radius 1 is 1.02 bits per heavy atom. The molecule has 0 bridgehead atoms. The highest BCUT2D eigenvalue weighted by atomic mass is 16.5. The molecule has 3 aromatic heterocycles. The van der Waals surface area contributed by atoms with E-state index in [2.05, 4.69) is 61.6 Å². The van der Waals surface area contributed by atoms with E-state index >= 15 is 0 Å². The van der Waals surface area contributed by atoms with Crippen molar-refractivity contribution in [1.29, 1.82) is 0 Å². The fourth-order valence-electron chi connectivity index (χ4n) is 5.94. The average molecular weight is 550 g/mol. The summed E-state index contributed by atoms with van der Waals surface area (Å²) in [6.45, 7) is 3.17. The molecular formula is C32H35N7O2. The number of benzene rings is 2. The van der Waals surface area contributed by atoms with Crippen LogP contribution in [0.4, 0.5) is 0 Å². The fourth-order valence-corrected chi connectivity index (χ4v) is 5.94.